The minimum Gasteiger partial charge on any atom is -0.391 e. The predicted octanol–water partition coefficient (Wildman–Crippen LogP) is 3.69. The Morgan fingerprint density at radius 1 is 1.38 bits per heavy atom. The summed E-state index contributed by atoms with van der Waals surface area (Å²) in [5.74, 6) is 0.841. The number of hydrogen-bond acceptors (Lipinski definition) is 4. The summed E-state index contributed by atoms with van der Waals surface area (Å²) < 4.78 is 1.11. The number of halogens is 1. The fourth-order valence-electron chi connectivity index (χ4n) is 1.19. The number of thiazole rings is 1. The van der Waals surface area contributed by atoms with Crippen molar-refractivity contribution in [2.75, 3.05) is 0 Å². The van der Waals surface area contributed by atoms with Gasteiger partial charge in [0.2, 0.25) is 0 Å². The molecule has 0 aliphatic heterocycles. The minimum atomic E-state index is 0.0807. The summed E-state index contributed by atoms with van der Waals surface area (Å²) in [5.41, 5.74) is 0. The zero-order valence-corrected chi connectivity index (χ0v) is 11.6. The monoisotopic (exact) mass is 315 g/mol. The molecule has 84 valence electrons. The zero-order chi connectivity index (χ0) is 11.4. The van der Waals surface area contributed by atoms with Crippen LogP contribution in [-0.4, -0.2) is 10.1 Å². The van der Waals surface area contributed by atoms with Gasteiger partial charge in [-0.25, -0.2) is 4.98 Å². The normalized spacial score (nSPS) is 10.6. The van der Waals surface area contributed by atoms with Gasteiger partial charge in [-0.3, -0.25) is 0 Å². The van der Waals surface area contributed by atoms with Crippen LogP contribution < -0.4 is 0 Å². The lowest BCUT2D eigenvalue weighted by atomic mass is 10.4. The maximum absolute atomic E-state index is 8.94. The summed E-state index contributed by atoms with van der Waals surface area (Å²) >= 11 is 6.81. The fourth-order valence-corrected chi connectivity index (χ4v) is 3.54. The number of aromatic nitrogens is 1. The first-order valence-electron chi connectivity index (χ1n) is 4.71. The molecule has 0 unspecified atom stereocenters. The summed E-state index contributed by atoms with van der Waals surface area (Å²) in [6, 6.07) is 8.13. The maximum atomic E-state index is 8.94. The molecular formula is C11H10BrNOS2. The molecule has 1 heterocycles. The molecule has 0 amide bonds. The number of aliphatic hydroxyl groups is 1. The summed E-state index contributed by atoms with van der Waals surface area (Å²) in [7, 11) is 0. The van der Waals surface area contributed by atoms with Crippen LogP contribution in [0.5, 0.6) is 0 Å². The molecule has 16 heavy (non-hydrogen) atoms. The Morgan fingerprint density at radius 2 is 2.19 bits per heavy atom. The van der Waals surface area contributed by atoms with Crippen LogP contribution >= 0.6 is 39.0 Å². The van der Waals surface area contributed by atoms with Crippen molar-refractivity contribution in [2.45, 2.75) is 17.3 Å². The molecule has 0 saturated heterocycles. The molecule has 2 aromatic rings. The Hall–Kier alpha value is -0.360. The summed E-state index contributed by atoms with van der Waals surface area (Å²) in [4.78, 5) is 6.38. The van der Waals surface area contributed by atoms with Gasteiger partial charge in [0, 0.05) is 15.6 Å². The fraction of sp³-hybridized carbons (Fsp3) is 0.182. The largest absolute Gasteiger partial charge is 0.391 e. The first kappa shape index (κ1) is 12.1. The molecule has 0 atom stereocenters. The molecule has 0 saturated carbocycles. The van der Waals surface area contributed by atoms with E-state index in [0.717, 1.165) is 20.1 Å². The summed E-state index contributed by atoms with van der Waals surface area (Å²) in [6.45, 7) is 0.0807. The highest BCUT2D eigenvalue weighted by Gasteiger charge is 2.04. The molecule has 0 spiro atoms. The third-order valence-corrected chi connectivity index (χ3v) is 5.15. The van der Waals surface area contributed by atoms with Crippen LogP contribution in [0.15, 0.2) is 39.8 Å². The molecular weight excluding hydrogens is 306 g/mol. The zero-order valence-electron chi connectivity index (χ0n) is 8.39. The van der Waals surface area contributed by atoms with Gasteiger partial charge in [0.1, 0.15) is 5.01 Å². The highest BCUT2D eigenvalue weighted by Crippen LogP contribution is 2.30. The van der Waals surface area contributed by atoms with Gasteiger partial charge in [0.05, 0.1) is 17.2 Å². The number of rotatable bonds is 4. The molecule has 2 nitrogen and oxygen atoms in total. The second kappa shape index (κ2) is 5.82. The van der Waals surface area contributed by atoms with Crippen LogP contribution in [0.3, 0.4) is 0 Å². The van der Waals surface area contributed by atoms with E-state index < -0.39 is 0 Å². The van der Waals surface area contributed by atoms with Crippen molar-refractivity contribution in [3.8, 4) is 0 Å². The van der Waals surface area contributed by atoms with Crippen molar-refractivity contribution in [3.05, 3.63) is 44.8 Å². The van der Waals surface area contributed by atoms with E-state index in [1.165, 1.54) is 4.90 Å². The van der Waals surface area contributed by atoms with Crippen molar-refractivity contribution in [1.82, 2.24) is 4.98 Å². The molecule has 0 radical (unpaired) electrons. The van der Waals surface area contributed by atoms with Crippen molar-refractivity contribution in [2.24, 2.45) is 0 Å². The van der Waals surface area contributed by atoms with Crippen molar-refractivity contribution in [1.29, 1.82) is 0 Å². The van der Waals surface area contributed by atoms with Crippen LogP contribution in [0, 0.1) is 0 Å². The third kappa shape index (κ3) is 3.07. The second-order valence-corrected chi connectivity index (χ2v) is 6.17. The van der Waals surface area contributed by atoms with Gasteiger partial charge in [-0.15, -0.1) is 23.1 Å². The first-order chi connectivity index (χ1) is 7.79. The van der Waals surface area contributed by atoms with E-state index in [4.69, 9.17) is 5.11 Å². The lowest BCUT2D eigenvalue weighted by molar-refractivity contribution is 0.285. The molecule has 1 aromatic heterocycles. The molecule has 0 aliphatic carbocycles. The van der Waals surface area contributed by atoms with Gasteiger partial charge < -0.3 is 5.11 Å². The smallest absolute Gasteiger partial charge is 0.103 e. The highest BCUT2D eigenvalue weighted by molar-refractivity contribution is 9.10. The predicted molar refractivity (Wildman–Crippen MR) is 71.7 cm³/mol. The number of thioether (sulfide) groups is 1. The van der Waals surface area contributed by atoms with Crippen LogP contribution in [-0.2, 0) is 12.4 Å². The quantitative estimate of drug-likeness (QED) is 0.873. The Labute approximate surface area is 111 Å². The van der Waals surface area contributed by atoms with Crippen LogP contribution in [0.25, 0.3) is 0 Å². The van der Waals surface area contributed by atoms with E-state index in [0.29, 0.717) is 0 Å². The van der Waals surface area contributed by atoms with Crippen LogP contribution in [0.2, 0.25) is 0 Å². The molecule has 2 rings (SSSR count). The lowest BCUT2D eigenvalue weighted by Crippen LogP contribution is -1.78. The minimum absolute atomic E-state index is 0.0807. The number of nitrogens with zero attached hydrogens (tertiary/aromatic N) is 1. The standard InChI is InChI=1S/C11H10BrNOS2/c12-9-3-1-2-4-10(9)15-7-11-13-5-8(6-14)16-11/h1-5,14H,6-7H2. The van der Waals surface area contributed by atoms with E-state index in [-0.39, 0.29) is 6.61 Å². The molecule has 5 heteroatoms. The van der Waals surface area contributed by atoms with E-state index in [1.807, 2.05) is 18.2 Å². The van der Waals surface area contributed by atoms with Gasteiger partial charge in [0.15, 0.2) is 0 Å². The molecule has 0 bridgehead atoms. The van der Waals surface area contributed by atoms with Crippen LogP contribution in [0.1, 0.15) is 9.88 Å². The Balaban J connectivity index is 1.99. The molecule has 1 aromatic carbocycles. The Kier molecular flexibility index (Phi) is 4.40. The SMILES string of the molecule is OCc1cnc(CSc2ccccc2Br)s1. The van der Waals surface area contributed by atoms with Crippen molar-refractivity contribution in [3.63, 3.8) is 0 Å². The van der Waals surface area contributed by atoms with E-state index in [9.17, 15) is 0 Å². The highest BCUT2D eigenvalue weighted by atomic mass is 79.9. The molecule has 0 aliphatic rings. The second-order valence-electron chi connectivity index (χ2n) is 3.10. The van der Waals surface area contributed by atoms with Gasteiger partial charge in [-0.05, 0) is 28.1 Å². The van der Waals surface area contributed by atoms with E-state index in [1.54, 1.807) is 29.3 Å². The van der Waals surface area contributed by atoms with Gasteiger partial charge >= 0.3 is 0 Å². The van der Waals surface area contributed by atoms with Gasteiger partial charge in [0.25, 0.3) is 0 Å². The van der Waals surface area contributed by atoms with Gasteiger partial charge in [-0.1, -0.05) is 12.1 Å². The first-order valence-corrected chi connectivity index (χ1v) is 7.31. The molecule has 1 N–H and O–H groups in total. The van der Waals surface area contributed by atoms with Gasteiger partial charge in [-0.2, -0.15) is 0 Å². The van der Waals surface area contributed by atoms with Crippen molar-refractivity contribution >= 4 is 39.0 Å². The summed E-state index contributed by atoms with van der Waals surface area (Å²) in [6.07, 6.45) is 1.74. The van der Waals surface area contributed by atoms with Crippen molar-refractivity contribution < 1.29 is 5.11 Å². The van der Waals surface area contributed by atoms with E-state index >= 15 is 0 Å². The maximum Gasteiger partial charge on any atom is 0.103 e. The number of hydrogen-bond donors (Lipinski definition) is 1. The number of benzene rings is 1. The molecule has 0 fully saturated rings. The average molecular weight is 316 g/mol. The third-order valence-electron chi connectivity index (χ3n) is 1.95. The van der Waals surface area contributed by atoms with E-state index in [2.05, 4.69) is 27.0 Å². The average Bonchev–Trinajstić information content (AvgIpc) is 2.76. The summed E-state index contributed by atoms with van der Waals surface area (Å²) in [5, 5.41) is 9.98. The number of aliphatic hydroxyl groups excluding tert-OH is 1. The lowest BCUT2D eigenvalue weighted by Gasteiger charge is -2.01. The Bertz CT molecular complexity index is 473. The Morgan fingerprint density at radius 3 is 2.88 bits per heavy atom. The topological polar surface area (TPSA) is 33.1 Å². The van der Waals surface area contributed by atoms with Crippen LogP contribution in [0.4, 0.5) is 0 Å².